The quantitative estimate of drug-likeness (QED) is 0.189. The fourth-order valence-electron chi connectivity index (χ4n) is 2.56. The molecular formula is C25H41NO2. The molecule has 0 spiro atoms. The highest BCUT2D eigenvalue weighted by Gasteiger charge is 2.24. The van der Waals surface area contributed by atoms with Gasteiger partial charge in [0.25, 0.3) is 0 Å². The lowest BCUT2D eigenvalue weighted by atomic mass is 9.93. The van der Waals surface area contributed by atoms with Gasteiger partial charge in [-0.3, -0.25) is 4.79 Å². The summed E-state index contributed by atoms with van der Waals surface area (Å²) in [4.78, 5) is 11.9. The average Bonchev–Trinajstić information content (AvgIpc) is 2.70. The van der Waals surface area contributed by atoms with Crippen LogP contribution in [0.4, 0.5) is 0 Å². The predicted octanol–water partition coefficient (Wildman–Crippen LogP) is 6.19. The zero-order valence-electron chi connectivity index (χ0n) is 18.2. The molecule has 1 amide bonds. The number of aliphatic hydroxyl groups is 1. The van der Waals surface area contributed by atoms with E-state index in [0.29, 0.717) is 13.0 Å². The van der Waals surface area contributed by atoms with Crippen LogP contribution in [0.1, 0.15) is 78.6 Å². The summed E-state index contributed by atoms with van der Waals surface area (Å²) in [5, 5.41) is 13.3. The number of unbranched alkanes of at least 4 members (excludes halogenated alkanes) is 4. The lowest BCUT2D eigenvalue weighted by Gasteiger charge is -2.26. The first-order valence-electron chi connectivity index (χ1n) is 10.9. The summed E-state index contributed by atoms with van der Waals surface area (Å²) in [6.07, 6.45) is 28.6. The van der Waals surface area contributed by atoms with Crippen molar-refractivity contribution in [2.45, 2.75) is 84.2 Å². The van der Waals surface area contributed by atoms with E-state index in [1.54, 1.807) is 6.08 Å². The molecular weight excluding hydrogens is 346 g/mol. The van der Waals surface area contributed by atoms with Gasteiger partial charge in [-0.15, -0.1) is 0 Å². The van der Waals surface area contributed by atoms with E-state index < -0.39 is 5.60 Å². The maximum absolute atomic E-state index is 11.9. The Morgan fingerprint density at radius 1 is 0.821 bits per heavy atom. The first-order chi connectivity index (χ1) is 13.6. The molecule has 2 N–H and O–H groups in total. The number of rotatable bonds is 16. The number of carbonyl (C=O) groups is 1. The summed E-state index contributed by atoms with van der Waals surface area (Å²) >= 11 is 0. The molecule has 0 aliphatic heterocycles. The van der Waals surface area contributed by atoms with E-state index in [1.165, 1.54) is 12.5 Å². The Bertz CT molecular complexity index is 529. The van der Waals surface area contributed by atoms with Gasteiger partial charge in [-0.2, -0.15) is 0 Å². The zero-order chi connectivity index (χ0) is 20.9. The maximum atomic E-state index is 11.9. The van der Waals surface area contributed by atoms with E-state index in [-0.39, 0.29) is 5.91 Å². The Balaban J connectivity index is 3.99. The lowest BCUT2D eigenvalue weighted by molar-refractivity contribution is -0.117. The molecule has 0 aromatic heterocycles. The number of amides is 1. The summed E-state index contributed by atoms with van der Waals surface area (Å²) < 4.78 is 0. The van der Waals surface area contributed by atoms with Crippen molar-refractivity contribution >= 4 is 5.91 Å². The molecule has 1 unspecified atom stereocenters. The Hall–Kier alpha value is -1.87. The summed E-state index contributed by atoms with van der Waals surface area (Å²) in [5.74, 6) is -0.169. The minimum Gasteiger partial charge on any atom is -0.388 e. The molecule has 0 saturated carbocycles. The van der Waals surface area contributed by atoms with Gasteiger partial charge in [0.2, 0.25) is 5.91 Å². The molecule has 3 nitrogen and oxygen atoms in total. The van der Waals surface area contributed by atoms with Crippen molar-refractivity contribution in [3.63, 3.8) is 0 Å². The molecule has 3 heteroatoms. The second kappa shape index (κ2) is 18.5. The SMILES string of the molecule is CCCC=CC=CCCC=CC=CC=CC(=O)NCC(O)(CC)CCCCC. The van der Waals surface area contributed by atoms with Crippen molar-refractivity contribution in [1.29, 1.82) is 0 Å². The van der Waals surface area contributed by atoms with Crippen molar-refractivity contribution in [3.8, 4) is 0 Å². The van der Waals surface area contributed by atoms with E-state index in [4.69, 9.17) is 0 Å². The Morgan fingerprint density at radius 2 is 1.43 bits per heavy atom. The largest absolute Gasteiger partial charge is 0.388 e. The molecule has 1 atom stereocenters. The summed E-state index contributed by atoms with van der Waals surface area (Å²) in [7, 11) is 0. The van der Waals surface area contributed by atoms with Gasteiger partial charge in [0.1, 0.15) is 0 Å². The second-order valence-corrected chi connectivity index (χ2v) is 7.15. The molecule has 0 heterocycles. The third kappa shape index (κ3) is 16.3. The van der Waals surface area contributed by atoms with Gasteiger partial charge < -0.3 is 10.4 Å². The van der Waals surface area contributed by atoms with Crippen LogP contribution in [0.2, 0.25) is 0 Å². The van der Waals surface area contributed by atoms with E-state index in [0.717, 1.165) is 44.9 Å². The number of carbonyl (C=O) groups excluding carboxylic acids is 1. The van der Waals surface area contributed by atoms with Crippen LogP contribution in [-0.2, 0) is 4.79 Å². The second-order valence-electron chi connectivity index (χ2n) is 7.15. The molecule has 0 fully saturated rings. The van der Waals surface area contributed by atoms with Crippen molar-refractivity contribution in [2.75, 3.05) is 6.54 Å². The van der Waals surface area contributed by atoms with E-state index in [2.05, 4.69) is 49.5 Å². The van der Waals surface area contributed by atoms with Crippen LogP contribution in [0.25, 0.3) is 0 Å². The number of hydrogen-bond donors (Lipinski definition) is 2. The van der Waals surface area contributed by atoms with Gasteiger partial charge in [-0.05, 0) is 32.1 Å². The van der Waals surface area contributed by atoms with Gasteiger partial charge >= 0.3 is 0 Å². The van der Waals surface area contributed by atoms with Crippen LogP contribution < -0.4 is 5.32 Å². The van der Waals surface area contributed by atoms with Crippen molar-refractivity contribution in [2.24, 2.45) is 0 Å². The molecule has 0 saturated heterocycles. The number of allylic oxidation sites excluding steroid dienone is 9. The third-order valence-corrected chi connectivity index (χ3v) is 4.55. The smallest absolute Gasteiger partial charge is 0.244 e. The van der Waals surface area contributed by atoms with Crippen LogP contribution in [-0.4, -0.2) is 23.2 Å². The molecule has 0 bridgehead atoms. The van der Waals surface area contributed by atoms with Gasteiger partial charge in [0.15, 0.2) is 0 Å². The van der Waals surface area contributed by atoms with Gasteiger partial charge in [-0.1, -0.05) is 101 Å². The summed E-state index contributed by atoms with van der Waals surface area (Å²) in [6, 6.07) is 0. The minimum atomic E-state index is -0.794. The van der Waals surface area contributed by atoms with Gasteiger partial charge in [-0.25, -0.2) is 0 Å². The first kappa shape index (κ1) is 26.1. The van der Waals surface area contributed by atoms with Crippen LogP contribution in [0, 0.1) is 0 Å². The van der Waals surface area contributed by atoms with E-state index >= 15 is 0 Å². The molecule has 28 heavy (non-hydrogen) atoms. The Labute approximate surface area is 173 Å². The Morgan fingerprint density at radius 3 is 2.04 bits per heavy atom. The van der Waals surface area contributed by atoms with Gasteiger partial charge in [0, 0.05) is 12.6 Å². The van der Waals surface area contributed by atoms with Crippen LogP contribution >= 0.6 is 0 Å². The fraction of sp³-hybridized carbons (Fsp3) is 0.560. The highest BCUT2D eigenvalue weighted by atomic mass is 16.3. The topological polar surface area (TPSA) is 49.3 Å². The maximum Gasteiger partial charge on any atom is 0.244 e. The van der Waals surface area contributed by atoms with Crippen LogP contribution in [0.15, 0.2) is 60.8 Å². The fourth-order valence-corrected chi connectivity index (χ4v) is 2.56. The van der Waals surface area contributed by atoms with Gasteiger partial charge in [0.05, 0.1) is 5.60 Å². The van der Waals surface area contributed by atoms with Crippen LogP contribution in [0.3, 0.4) is 0 Å². The highest BCUT2D eigenvalue weighted by molar-refractivity contribution is 5.87. The molecule has 0 aliphatic rings. The summed E-state index contributed by atoms with van der Waals surface area (Å²) in [5.41, 5.74) is -0.794. The Kier molecular flexibility index (Phi) is 17.3. The molecule has 0 aromatic rings. The van der Waals surface area contributed by atoms with Crippen molar-refractivity contribution < 1.29 is 9.90 Å². The zero-order valence-corrected chi connectivity index (χ0v) is 18.2. The normalized spacial score (nSPS) is 14.9. The minimum absolute atomic E-state index is 0.169. The molecule has 0 rings (SSSR count). The monoisotopic (exact) mass is 387 g/mol. The number of nitrogens with one attached hydrogen (secondary N) is 1. The molecule has 158 valence electrons. The average molecular weight is 388 g/mol. The van der Waals surface area contributed by atoms with Crippen LogP contribution in [0.5, 0.6) is 0 Å². The first-order valence-corrected chi connectivity index (χ1v) is 10.9. The molecule has 0 aliphatic carbocycles. The predicted molar refractivity (Wildman–Crippen MR) is 122 cm³/mol. The standard InChI is InChI=1S/C25H41NO2/c1-4-7-9-10-11-12-13-14-15-16-17-18-19-21-24(27)26-23-25(28,6-3)22-20-8-5-2/h9-12,15-19,21,28H,4-8,13-14,20,22-23H2,1-3H3,(H,26,27). The lowest BCUT2D eigenvalue weighted by Crippen LogP contribution is -2.42. The van der Waals surface area contributed by atoms with Crippen molar-refractivity contribution in [3.05, 3.63) is 60.8 Å². The summed E-state index contributed by atoms with van der Waals surface area (Å²) in [6.45, 7) is 6.59. The van der Waals surface area contributed by atoms with E-state index in [9.17, 15) is 9.90 Å². The van der Waals surface area contributed by atoms with E-state index in [1.807, 2.05) is 25.2 Å². The number of hydrogen-bond acceptors (Lipinski definition) is 2. The molecule has 0 radical (unpaired) electrons. The van der Waals surface area contributed by atoms with Crippen molar-refractivity contribution in [1.82, 2.24) is 5.32 Å². The third-order valence-electron chi connectivity index (χ3n) is 4.55. The highest BCUT2D eigenvalue weighted by Crippen LogP contribution is 2.18. The molecule has 0 aromatic carbocycles.